The first-order chi connectivity index (χ1) is 16.5. The van der Waals surface area contributed by atoms with Crippen LogP contribution >= 0.6 is 0 Å². The van der Waals surface area contributed by atoms with Crippen molar-refractivity contribution in [2.24, 2.45) is 46.3 Å². The lowest BCUT2D eigenvalue weighted by Gasteiger charge is -2.61. The topological polar surface area (TPSA) is 78.9 Å². The minimum Gasteiger partial charge on any atom is -0.469 e. The van der Waals surface area contributed by atoms with Gasteiger partial charge in [0.15, 0.2) is 0 Å². The summed E-state index contributed by atoms with van der Waals surface area (Å²) < 4.78 is 16.6. The van der Waals surface area contributed by atoms with Crippen LogP contribution in [0.3, 0.4) is 0 Å². The molecule has 35 heavy (non-hydrogen) atoms. The second-order valence-corrected chi connectivity index (χ2v) is 12.3. The molecule has 0 aliphatic heterocycles. The van der Waals surface area contributed by atoms with E-state index in [2.05, 4.69) is 32.9 Å². The van der Waals surface area contributed by atoms with Crippen molar-refractivity contribution < 1.29 is 28.6 Å². The average Bonchev–Trinajstić information content (AvgIpc) is 3.16. The molecule has 0 N–H and O–H groups in total. The lowest BCUT2D eigenvalue weighted by molar-refractivity contribution is -0.183. The van der Waals surface area contributed by atoms with Crippen molar-refractivity contribution in [1.29, 1.82) is 0 Å². The summed E-state index contributed by atoms with van der Waals surface area (Å²) >= 11 is 0. The Morgan fingerprint density at radius 2 is 1.69 bits per heavy atom. The van der Waals surface area contributed by atoms with E-state index in [1.165, 1.54) is 21.0 Å². The number of carbonyl (C=O) groups is 3. The van der Waals surface area contributed by atoms with E-state index in [4.69, 9.17) is 14.2 Å². The molecule has 0 spiro atoms. The molecule has 4 aliphatic rings. The molecular weight excluding hydrogens is 444 g/mol. The maximum atomic E-state index is 12.3. The maximum absolute atomic E-state index is 12.3. The van der Waals surface area contributed by atoms with Gasteiger partial charge in [-0.1, -0.05) is 32.9 Å². The summed E-state index contributed by atoms with van der Waals surface area (Å²) in [6.45, 7) is 10.1. The minimum atomic E-state index is -0.201. The van der Waals surface area contributed by atoms with Crippen molar-refractivity contribution in [3.05, 3.63) is 12.2 Å². The Morgan fingerprint density at radius 1 is 0.971 bits per heavy atom. The van der Waals surface area contributed by atoms with Crippen LogP contribution in [0, 0.1) is 46.3 Å². The van der Waals surface area contributed by atoms with E-state index in [1.807, 2.05) is 0 Å². The second kappa shape index (κ2) is 9.89. The molecule has 0 aromatic rings. The van der Waals surface area contributed by atoms with Crippen molar-refractivity contribution in [2.45, 2.75) is 98.2 Å². The summed E-state index contributed by atoms with van der Waals surface area (Å²) in [4.78, 5) is 35.7. The van der Waals surface area contributed by atoms with E-state index in [1.54, 1.807) is 0 Å². The van der Waals surface area contributed by atoms with E-state index in [-0.39, 0.29) is 40.9 Å². The highest BCUT2D eigenvalue weighted by Crippen LogP contribution is 2.67. The van der Waals surface area contributed by atoms with Gasteiger partial charge in [0, 0.05) is 25.7 Å². The van der Waals surface area contributed by atoms with Gasteiger partial charge in [-0.25, -0.2) is 0 Å². The van der Waals surface area contributed by atoms with Gasteiger partial charge < -0.3 is 14.2 Å². The maximum Gasteiger partial charge on any atom is 0.305 e. The van der Waals surface area contributed by atoms with Gasteiger partial charge in [0.05, 0.1) is 7.11 Å². The molecule has 0 aromatic heterocycles. The molecule has 0 saturated heterocycles. The highest BCUT2D eigenvalue weighted by molar-refractivity contribution is 5.69. The first kappa shape index (κ1) is 26.2. The number of ether oxygens (including phenoxy) is 3. The Bertz CT molecular complexity index is 865. The Kier molecular flexibility index (Phi) is 7.41. The van der Waals surface area contributed by atoms with Crippen LogP contribution in [0.2, 0.25) is 0 Å². The van der Waals surface area contributed by atoms with Crippen molar-refractivity contribution >= 4 is 17.9 Å². The first-order valence-electron chi connectivity index (χ1n) is 13.6. The molecule has 0 unspecified atom stereocenters. The largest absolute Gasteiger partial charge is 0.469 e. The monoisotopic (exact) mass is 488 g/mol. The van der Waals surface area contributed by atoms with Gasteiger partial charge in [-0.05, 0) is 85.9 Å². The third-order valence-electron chi connectivity index (χ3n) is 10.6. The van der Waals surface area contributed by atoms with Gasteiger partial charge in [-0.3, -0.25) is 14.4 Å². The zero-order chi connectivity index (χ0) is 25.5. The average molecular weight is 489 g/mol. The van der Waals surface area contributed by atoms with Gasteiger partial charge >= 0.3 is 17.9 Å². The molecule has 4 rings (SSSR count). The van der Waals surface area contributed by atoms with Crippen LogP contribution in [0.5, 0.6) is 0 Å². The van der Waals surface area contributed by atoms with Gasteiger partial charge in [0.1, 0.15) is 12.2 Å². The predicted molar refractivity (Wildman–Crippen MR) is 132 cm³/mol. The normalized spacial score (nSPS) is 42.7. The molecule has 6 nitrogen and oxygen atoms in total. The number of fused-ring (bicyclic) bond motifs is 5. The van der Waals surface area contributed by atoms with Crippen LogP contribution < -0.4 is 0 Å². The van der Waals surface area contributed by atoms with E-state index >= 15 is 0 Å². The van der Waals surface area contributed by atoms with E-state index < -0.39 is 0 Å². The number of allylic oxidation sites excluding steroid dienone is 2. The summed E-state index contributed by atoms with van der Waals surface area (Å²) in [6, 6.07) is 0. The third-order valence-corrected chi connectivity index (χ3v) is 10.6. The fraction of sp³-hybridized carbons (Fsp3) is 0.828. The second-order valence-electron chi connectivity index (χ2n) is 12.3. The van der Waals surface area contributed by atoms with Crippen molar-refractivity contribution in [3.8, 4) is 0 Å². The van der Waals surface area contributed by atoms with E-state index in [0.29, 0.717) is 41.9 Å². The Hall–Kier alpha value is -1.85. The lowest BCUT2D eigenvalue weighted by Crippen LogP contribution is -2.58. The number of hydrogen-bond donors (Lipinski definition) is 0. The summed E-state index contributed by atoms with van der Waals surface area (Å²) in [6.07, 6.45) is 11.9. The molecule has 6 heteroatoms. The third kappa shape index (κ3) is 4.67. The fourth-order valence-corrected chi connectivity index (χ4v) is 8.85. The molecule has 0 amide bonds. The van der Waals surface area contributed by atoms with Crippen LogP contribution in [-0.2, 0) is 28.6 Å². The number of hydrogen-bond acceptors (Lipinski definition) is 6. The number of carbonyl (C=O) groups excluding carboxylic acids is 3. The van der Waals surface area contributed by atoms with Crippen LogP contribution in [0.25, 0.3) is 0 Å². The Balaban J connectivity index is 1.61. The molecule has 3 saturated carbocycles. The van der Waals surface area contributed by atoms with Crippen LogP contribution in [0.15, 0.2) is 12.2 Å². The lowest BCUT2D eigenvalue weighted by atomic mass is 9.45. The van der Waals surface area contributed by atoms with Gasteiger partial charge in [-0.2, -0.15) is 0 Å². The first-order valence-corrected chi connectivity index (χ1v) is 13.6. The zero-order valence-corrected chi connectivity index (χ0v) is 22.4. The van der Waals surface area contributed by atoms with Crippen LogP contribution in [0.4, 0.5) is 0 Å². The fourth-order valence-electron chi connectivity index (χ4n) is 8.85. The van der Waals surface area contributed by atoms with Crippen LogP contribution in [-0.4, -0.2) is 37.2 Å². The van der Waals surface area contributed by atoms with Gasteiger partial charge in [-0.15, -0.1) is 0 Å². The molecule has 0 bridgehead atoms. The highest BCUT2D eigenvalue weighted by atomic mass is 16.5. The Morgan fingerprint density at radius 3 is 2.34 bits per heavy atom. The number of esters is 3. The molecule has 0 radical (unpaired) electrons. The standard InChI is InChI=1S/C29H44O6/c1-17(7-12-27(32)33-6)23-10-11-24-22-9-8-20-15-21(34-18(2)30)13-14-28(20,4)25(22)16-26(29(23,24)5)35-19(3)31/h8-9,17,20-26H,7,10-16H2,1-6H3/t17-,20+,21+,22+,23-,24-,25+,26-,28-,29+/m0/s1. The number of rotatable bonds is 6. The summed E-state index contributed by atoms with van der Waals surface area (Å²) in [5, 5.41) is 0. The molecule has 10 atom stereocenters. The number of methoxy groups -OCH3 is 1. The zero-order valence-electron chi connectivity index (χ0n) is 22.4. The predicted octanol–water partition coefficient (Wildman–Crippen LogP) is 5.48. The summed E-state index contributed by atoms with van der Waals surface area (Å²) in [7, 11) is 1.45. The molecular formula is C29H44O6. The molecule has 196 valence electrons. The SMILES string of the molecule is COC(=O)CC[C@H](C)[C@@H]1CC[C@H]2[C@H]3C=C[C@@H]4C[C@H](OC(C)=O)CC[C@]4(C)[C@@H]3C[C@H](OC(C)=O)[C@@]21C. The smallest absolute Gasteiger partial charge is 0.305 e. The minimum absolute atomic E-state index is 0.00332. The van der Waals surface area contributed by atoms with Crippen LogP contribution in [0.1, 0.15) is 86.0 Å². The summed E-state index contributed by atoms with van der Waals surface area (Å²) in [5.41, 5.74) is 0.00916. The quantitative estimate of drug-likeness (QED) is 0.280. The summed E-state index contributed by atoms with van der Waals surface area (Å²) in [5.74, 6) is 1.95. The van der Waals surface area contributed by atoms with E-state index in [0.717, 1.165) is 44.9 Å². The molecule has 4 aliphatic carbocycles. The van der Waals surface area contributed by atoms with Gasteiger partial charge in [0.25, 0.3) is 0 Å². The molecule has 0 aromatic carbocycles. The van der Waals surface area contributed by atoms with Gasteiger partial charge in [0.2, 0.25) is 0 Å². The van der Waals surface area contributed by atoms with Crippen molar-refractivity contribution in [3.63, 3.8) is 0 Å². The van der Waals surface area contributed by atoms with Crippen molar-refractivity contribution in [2.75, 3.05) is 7.11 Å². The van der Waals surface area contributed by atoms with Crippen molar-refractivity contribution in [1.82, 2.24) is 0 Å². The van der Waals surface area contributed by atoms with E-state index in [9.17, 15) is 14.4 Å². The highest BCUT2D eigenvalue weighted by Gasteiger charge is 2.64. The Labute approximate surface area is 210 Å². The molecule has 0 heterocycles. The molecule has 3 fully saturated rings.